The summed E-state index contributed by atoms with van der Waals surface area (Å²) in [5.41, 5.74) is 0.752. The lowest BCUT2D eigenvalue weighted by atomic mass is 10.1. The number of carbonyl (C=O) groups excluding carboxylic acids is 1. The molecular weight excluding hydrogens is 180 g/mol. The Kier molecular flexibility index (Phi) is 6.20. The van der Waals surface area contributed by atoms with E-state index < -0.39 is 0 Å². The second-order valence-electron chi connectivity index (χ2n) is 2.42. The van der Waals surface area contributed by atoms with E-state index in [1.807, 2.05) is 13.8 Å². The van der Waals surface area contributed by atoms with Crippen molar-refractivity contribution >= 4 is 5.97 Å². The van der Waals surface area contributed by atoms with E-state index in [-0.39, 0.29) is 18.1 Å². The van der Waals surface area contributed by atoms with E-state index in [0.29, 0.717) is 0 Å². The molecule has 14 heavy (non-hydrogen) atoms. The smallest absolute Gasteiger partial charge is 0.309 e. The lowest BCUT2D eigenvalue weighted by Gasteiger charge is -1.99. The third-order valence-corrected chi connectivity index (χ3v) is 1.49. The first kappa shape index (κ1) is 12.5. The highest BCUT2D eigenvalue weighted by atomic mass is 16.5. The molecular formula is C11H16O3. The van der Waals surface area contributed by atoms with Gasteiger partial charge >= 0.3 is 5.97 Å². The average molecular weight is 196 g/mol. The Morgan fingerprint density at radius 3 is 2.57 bits per heavy atom. The number of ether oxygens (including phenoxy) is 1. The zero-order valence-electron chi connectivity index (χ0n) is 8.78. The summed E-state index contributed by atoms with van der Waals surface area (Å²) in [6.07, 6.45) is 0.199. The number of esters is 1. The van der Waals surface area contributed by atoms with Crippen LogP contribution in [0.4, 0.5) is 0 Å². The van der Waals surface area contributed by atoms with Gasteiger partial charge < -0.3 is 9.84 Å². The molecule has 0 atom stereocenters. The van der Waals surface area contributed by atoms with Gasteiger partial charge in [-0.05, 0) is 17.7 Å². The monoisotopic (exact) mass is 196 g/mol. The van der Waals surface area contributed by atoms with Crippen LogP contribution in [0.5, 0.6) is 5.75 Å². The maximum Gasteiger partial charge on any atom is 0.309 e. The summed E-state index contributed by atoms with van der Waals surface area (Å²) in [6, 6.07) is 6.54. The number of benzene rings is 1. The van der Waals surface area contributed by atoms with E-state index in [2.05, 4.69) is 4.74 Å². The molecule has 0 saturated carbocycles. The second kappa shape index (κ2) is 6.95. The number of aromatic hydroxyl groups is 1. The Labute approximate surface area is 84.3 Å². The number of methoxy groups -OCH3 is 1. The van der Waals surface area contributed by atoms with E-state index >= 15 is 0 Å². The van der Waals surface area contributed by atoms with Crippen molar-refractivity contribution in [2.24, 2.45) is 0 Å². The quantitative estimate of drug-likeness (QED) is 0.737. The van der Waals surface area contributed by atoms with E-state index in [0.717, 1.165) is 5.56 Å². The fourth-order valence-corrected chi connectivity index (χ4v) is 0.905. The van der Waals surface area contributed by atoms with Crippen molar-refractivity contribution in [3.8, 4) is 5.75 Å². The molecule has 3 heteroatoms. The zero-order chi connectivity index (χ0) is 11.0. The lowest BCUT2D eigenvalue weighted by Crippen LogP contribution is -2.03. The van der Waals surface area contributed by atoms with Crippen LogP contribution in [0.3, 0.4) is 0 Å². The van der Waals surface area contributed by atoms with Crippen molar-refractivity contribution in [3.63, 3.8) is 0 Å². The molecule has 0 aliphatic rings. The van der Waals surface area contributed by atoms with Crippen LogP contribution in [0.2, 0.25) is 0 Å². The molecule has 0 saturated heterocycles. The summed E-state index contributed by atoms with van der Waals surface area (Å²) >= 11 is 0. The Morgan fingerprint density at radius 1 is 1.43 bits per heavy atom. The molecule has 0 aromatic heterocycles. The van der Waals surface area contributed by atoms with Crippen LogP contribution in [0, 0.1) is 0 Å². The van der Waals surface area contributed by atoms with Crippen molar-refractivity contribution in [1.82, 2.24) is 0 Å². The molecule has 0 spiro atoms. The first-order chi connectivity index (χ1) is 6.72. The largest absolute Gasteiger partial charge is 0.508 e. The molecule has 1 N–H and O–H groups in total. The van der Waals surface area contributed by atoms with Gasteiger partial charge in [0.1, 0.15) is 5.75 Å². The Morgan fingerprint density at radius 2 is 2.07 bits per heavy atom. The highest BCUT2D eigenvalue weighted by Crippen LogP contribution is 2.11. The van der Waals surface area contributed by atoms with Crippen LogP contribution in [-0.2, 0) is 16.0 Å². The number of phenolic OH excluding ortho intramolecular Hbond substituents is 1. The summed E-state index contributed by atoms with van der Waals surface area (Å²) in [7, 11) is 1.34. The fraction of sp³-hybridized carbons (Fsp3) is 0.364. The number of hydrogen-bond acceptors (Lipinski definition) is 3. The predicted molar refractivity (Wildman–Crippen MR) is 55.2 cm³/mol. The topological polar surface area (TPSA) is 46.5 Å². The van der Waals surface area contributed by atoms with Gasteiger partial charge in [-0.2, -0.15) is 0 Å². The van der Waals surface area contributed by atoms with Gasteiger partial charge in [0.2, 0.25) is 0 Å². The normalized spacial score (nSPS) is 8.50. The van der Waals surface area contributed by atoms with Crippen molar-refractivity contribution < 1.29 is 14.6 Å². The number of hydrogen-bond donors (Lipinski definition) is 1. The molecule has 0 aliphatic heterocycles. The fourth-order valence-electron chi connectivity index (χ4n) is 0.905. The number of phenols is 1. The molecule has 0 fully saturated rings. The highest BCUT2D eigenvalue weighted by molar-refractivity contribution is 5.72. The van der Waals surface area contributed by atoms with Crippen LogP contribution >= 0.6 is 0 Å². The van der Waals surface area contributed by atoms with Crippen LogP contribution in [0.25, 0.3) is 0 Å². The van der Waals surface area contributed by atoms with Gasteiger partial charge in [0.25, 0.3) is 0 Å². The number of rotatable bonds is 2. The van der Waals surface area contributed by atoms with Gasteiger partial charge in [-0.15, -0.1) is 0 Å². The third kappa shape index (κ3) is 4.50. The molecule has 1 aromatic carbocycles. The Balaban J connectivity index is 0.000000791. The third-order valence-electron chi connectivity index (χ3n) is 1.49. The van der Waals surface area contributed by atoms with E-state index in [1.165, 1.54) is 13.2 Å². The minimum absolute atomic E-state index is 0.163. The zero-order valence-corrected chi connectivity index (χ0v) is 8.78. The molecule has 0 amide bonds. The molecule has 3 nitrogen and oxygen atoms in total. The summed E-state index contributed by atoms with van der Waals surface area (Å²) in [5.74, 6) is -0.142. The molecule has 78 valence electrons. The van der Waals surface area contributed by atoms with Gasteiger partial charge in [-0.3, -0.25) is 4.79 Å². The van der Waals surface area contributed by atoms with E-state index in [4.69, 9.17) is 5.11 Å². The summed E-state index contributed by atoms with van der Waals surface area (Å²) in [5, 5.41) is 9.05. The molecule has 0 unspecified atom stereocenters. The van der Waals surface area contributed by atoms with E-state index in [9.17, 15) is 4.79 Å². The predicted octanol–water partition coefficient (Wildman–Crippen LogP) is 2.13. The highest BCUT2D eigenvalue weighted by Gasteiger charge is 2.02. The van der Waals surface area contributed by atoms with Crippen LogP contribution in [0.15, 0.2) is 24.3 Å². The van der Waals surface area contributed by atoms with Crippen molar-refractivity contribution in [2.45, 2.75) is 20.3 Å². The van der Waals surface area contributed by atoms with Crippen LogP contribution in [0.1, 0.15) is 19.4 Å². The SMILES string of the molecule is CC.COC(=O)Cc1cccc(O)c1. The van der Waals surface area contributed by atoms with Gasteiger partial charge in [0.15, 0.2) is 0 Å². The summed E-state index contributed by atoms with van der Waals surface area (Å²) in [6.45, 7) is 4.00. The molecule has 0 aliphatic carbocycles. The second-order valence-corrected chi connectivity index (χ2v) is 2.42. The number of carbonyl (C=O) groups is 1. The lowest BCUT2D eigenvalue weighted by molar-refractivity contribution is -0.139. The van der Waals surface area contributed by atoms with Crippen LogP contribution in [-0.4, -0.2) is 18.2 Å². The average Bonchev–Trinajstić information content (AvgIpc) is 2.21. The van der Waals surface area contributed by atoms with Crippen LogP contribution < -0.4 is 0 Å². The van der Waals surface area contributed by atoms with Gasteiger partial charge in [-0.1, -0.05) is 26.0 Å². The molecule has 0 radical (unpaired) electrons. The maximum absolute atomic E-state index is 10.8. The van der Waals surface area contributed by atoms with Gasteiger partial charge in [0.05, 0.1) is 13.5 Å². The molecule has 1 rings (SSSR count). The van der Waals surface area contributed by atoms with Crippen molar-refractivity contribution in [1.29, 1.82) is 0 Å². The minimum Gasteiger partial charge on any atom is -0.508 e. The molecule has 0 bridgehead atoms. The first-order valence-electron chi connectivity index (χ1n) is 4.57. The Bertz CT molecular complexity index is 282. The van der Waals surface area contributed by atoms with Crippen molar-refractivity contribution in [2.75, 3.05) is 7.11 Å². The molecule has 0 heterocycles. The van der Waals surface area contributed by atoms with Gasteiger partial charge in [-0.25, -0.2) is 0 Å². The maximum atomic E-state index is 10.8. The first-order valence-corrected chi connectivity index (χ1v) is 4.57. The summed E-state index contributed by atoms with van der Waals surface area (Å²) in [4.78, 5) is 10.8. The molecule has 1 aromatic rings. The minimum atomic E-state index is -0.305. The van der Waals surface area contributed by atoms with Crippen molar-refractivity contribution in [3.05, 3.63) is 29.8 Å². The Hall–Kier alpha value is -1.51. The summed E-state index contributed by atoms with van der Waals surface area (Å²) < 4.78 is 4.47. The standard InChI is InChI=1S/C9H10O3.C2H6/c1-12-9(11)6-7-3-2-4-8(10)5-7;1-2/h2-5,10H,6H2,1H3;1-2H3. The van der Waals surface area contributed by atoms with Gasteiger partial charge in [0, 0.05) is 0 Å². The van der Waals surface area contributed by atoms with E-state index in [1.54, 1.807) is 18.2 Å².